The molecule has 1 aromatic heterocycles. The van der Waals surface area contributed by atoms with Crippen LogP contribution in [0.25, 0.3) is 0 Å². The predicted molar refractivity (Wildman–Crippen MR) is 91.7 cm³/mol. The summed E-state index contributed by atoms with van der Waals surface area (Å²) in [5, 5.41) is 0. The SMILES string of the molecule is CCOCc1cc(OC)c(Cc2ccnc(C)c2C(F)(F)F)c(OC)c1. The van der Waals surface area contributed by atoms with E-state index in [1.807, 2.05) is 6.92 Å². The zero-order valence-electron chi connectivity index (χ0n) is 15.2. The van der Waals surface area contributed by atoms with Crippen molar-refractivity contribution in [2.24, 2.45) is 0 Å². The Morgan fingerprint density at radius 1 is 1.08 bits per heavy atom. The van der Waals surface area contributed by atoms with Gasteiger partial charge in [-0.2, -0.15) is 13.2 Å². The largest absolute Gasteiger partial charge is 0.496 e. The van der Waals surface area contributed by atoms with Gasteiger partial charge in [-0.15, -0.1) is 0 Å². The van der Waals surface area contributed by atoms with Gasteiger partial charge in [-0.05, 0) is 43.2 Å². The van der Waals surface area contributed by atoms with Crippen molar-refractivity contribution in [2.75, 3.05) is 20.8 Å². The van der Waals surface area contributed by atoms with Crippen LogP contribution in [-0.2, 0) is 23.9 Å². The van der Waals surface area contributed by atoms with E-state index >= 15 is 0 Å². The fourth-order valence-electron chi connectivity index (χ4n) is 2.86. The third-order valence-corrected chi connectivity index (χ3v) is 4.02. The molecule has 142 valence electrons. The molecule has 0 aliphatic rings. The van der Waals surface area contributed by atoms with Crippen LogP contribution in [0, 0.1) is 6.92 Å². The molecule has 0 unspecified atom stereocenters. The van der Waals surface area contributed by atoms with E-state index < -0.39 is 11.7 Å². The van der Waals surface area contributed by atoms with Crippen LogP contribution in [0.5, 0.6) is 11.5 Å². The summed E-state index contributed by atoms with van der Waals surface area (Å²) in [7, 11) is 2.95. The number of benzene rings is 1. The quantitative estimate of drug-likeness (QED) is 0.718. The number of rotatable bonds is 7. The lowest BCUT2D eigenvalue weighted by Crippen LogP contribution is -2.13. The van der Waals surface area contributed by atoms with Crippen molar-refractivity contribution in [3.63, 3.8) is 0 Å². The van der Waals surface area contributed by atoms with Crippen LogP contribution in [0.15, 0.2) is 24.4 Å². The van der Waals surface area contributed by atoms with Gasteiger partial charge in [0.15, 0.2) is 0 Å². The average Bonchev–Trinajstić information content (AvgIpc) is 2.59. The number of hydrogen-bond donors (Lipinski definition) is 0. The molecule has 26 heavy (non-hydrogen) atoms. The second kappa shape index (κ2) is 8.40. The molecule has 2 rings (SSSR count). The first-order valence-corrected chi connectivity index (χ1v) is 8.15. The van der Waals surface area contributed by atoms with Gasteiger partial charge < -0.3 is 14.2 Å². The minimum atomic E-state index is -4.48. The molecule has 2 aromatic rings. The molecular weight excluding hydrogens is 347 g/mol. The van der Waals surface area contributed by atoms with Crippen molar-refractivity contribution in [2.45, 2.75) is 33.1 Å². The van der Waals surface area contributed by atoms with Crippen LogP contribution in [0.3, 0.4) is 0 Å². The fourth-order valence-corrected chi connectivity index (χ4v) is 2.86. The molecule has 0 saturated carbocycles. The third kappa shape index (κ3) is 4.46. The Morgan fingerprint density at radius 3 is 2.19 bits per heavy atom. The lowest BCUT2D eigenvalue weighted by molar-refractivity contribution is -0.138. The summed E-state index contributed by atoms with van der Waals surface area (Å²) in [6.45, 7) is 4.16. The number of hydrogen-bond acceptors (Lipinski definition) is 4. The summed E-state index contributed by atoms with van der Waals surface area (Å²) in [6, 6.07) is 4.90. The van der Waals surface area contributed by atoms with E-state index in [-0.39, 0.29) is 17.7 Å². The van der Waals surface area contributed by atoms with Gasteiger partial charge in [-0.25, -0.2) is 0 Å². The molecule has 0 amide bonds. The number of aromatic nitrogens is 1. The highest BCUT2D eigenvalue weighted by atomic mass is 19.4. The number of halogens is 3. The topological polar surface area (TPSA) is 40.6 Å². The molecule has 1 heterocycles. The summed E-state index contributed by atoms with van der Waals surface area (Å²) >= 11 is 0. The first-order valence-electron chi connectivity index (χ1n) is 8.15. The minimum Gasteiger partial charge on any atom is -0.496 e. The molecule has 1 aromatic carbocycles. The van der Waals surface area contributed by atoms with Crippen molar-refractivity contribution in [1.29, 1.82) is 0 Å². The lowest BCUT2D eigenvalue weighted by Gasteiger charge is -2.19. The van der Waals surface area contributed by atoms with Crippen LogP contribution in [-0.4, -0.2) is 25.8 Å². The van der Waals surface area contributed by atoms with Gasteiger partial charge in [-0.1, -0.05) is 0 Å². The highest BCUT2D eigenvalue weighted by Gasteiger charge is 2.36. The summed E-state index contributed by atoms with van der Waals surface area (Å²) in [5.74, 6) is 0.920. The molecule has 0 fully saturated rings. The minimum absolute atomic E-state index is 0.0134. The number of alkyl halides is 3. The van der Waals surface area contributed by atoms with E-state index in [9.17, 15) is 13.2 Å². The highest BCUT2D eigenvalue weighted by Crippen LogP contribution is 2.38. The molecular formula is C19H22F3NO3. The van der Waals surface area contributed by atoms with E-state index in [1.54, 1.807) is 12.1 Å². The Kier molecular flexibility index (Phi) is 6.47. The second-order valence-corrected chi connectivity index (χ2v) is 5.72. The zero-order chi connectivity index (χ0) is 19.3. The maximum atomic E-state index is 13.5. The highest BCUT2D eigenvalue weighted by molar-refractivity contribution is 5.51. The fraction of sp³-hybridized carbons (Fsp3) is 0.421. The maximum Gasteiger partial charge on any atom is 0.418 e. The molecule has 0 bridgehead atoms. The van der Waals surface area contributed by atoms with Gasteiger partial charge in [-0.3, -0.25) is 4.98 Å². The summed E-state index contributed by atoms with van der Waals surface area (Å²) in [5.41, 5.74) is 0.722. The van der Waals surface area contributed by atoms with Crippen molar-refractivity contribution < 1.29 is 27.4 Å². The lowest BCUT2D eigenvalue weighted by atomic mass is 9.96. The molecule has 0 spiro atoms. The van der Waals surface area contributed by atoms with Crippen LogP contribution >= 0.6 is 0 Å². The van der Waals surface area contributed by atoms with E-state index in [2.05, 4.69) is 4.98 Å². The molecule has 4 nitrogen and oxygen atoms in total. The number of ether oxygens (including phenoxy) is 3. The first-order chi connectivity index (χ1) is 12.3. The monoisotopic (exact) mass is 369 g/mol. The number of nitrogens with zero attached hydrogens (tertiary/aromatic N) is 1. The molecule has 0 radical (unpaired) electrons. The van der Waals surface area contributed by atoms with E-state index in [1.165, 1.54) is 33.4 Å². The molecule has 0 aliphatic heterocycles. The summed E-state index contributed by atoms with van der Waals surface area (Å²) in [6.07, 6.45) is -3.09. The van der Waals surface area contributed by atoms with Gasteiger partial charge in [0, 0.05) is 30.5 Å². The van der Waals surface area contributed by atoms with Crippen molar-refractivity contribution in [3.8, 4) is 11.5 Å². The zero-order valence-corrected chi connectivity index (χ0v) is 15.2. The first kappa shape index (κ1) is 20.0. The van der Waals surface area contributed by atoms with Crippen LogP contribution in [0.4, 0.5) is 13.2 Å². The molecule has 0 atom stereocenters. The Hall–Kier alpha value is -2.28. The number of aryl methyl sites for hydroxylation is 1. The van der Waals surface area contributed by atoms with Crippen LogP contribution < -0.4 is 9.47 Å². The molecule has 7 heteroatoms. The van der Waals surface area contributed by atoms with Gasteiger partial charge >= 0.3 is 6.18 Å². The summed E-state index contributed by atoms with van der Waals surface area (Å²) in [4.78, 5) is 3.78. The second-order valence-electron chi connectivity index (χ2n) is 5.72. The van der Waals surface area contributed by atoms with Gasteiger partial charge in [0.25, 0.3) is 0 Å². The van der Waals surface area contributed by atoms with Gasteiger partial charge in [0.2, 0.25) is 0 Å². The smallest absolute Gasteiger partial charge is 0.418 e. The normalized spacial score (nSPS) is 11.5. The maximum absolute atomic E-state index is 13.5. The average molecular weight is 369 g/mol. The van der Waals surface area contributed by atoms with Gasteiger partial charge in [0.1, 0.15) is 11.5 Å². The van der Waals surface area contributed by atoms with Crippen LogP contribution in [0.1, 0.15) is 34.9 Å². The predicted octanol–water partition coefficient (Wildman–Crippen LogP) is 4.55. The van der Waals surface area contributed by atoms with E-state index in [4.69, 9.17) is 14.2 Å². The third-order valence-electron chi connectivity index (χ3n) is 4.02. The molecule has 0 aliphatic carbocycles. The molecule has 0 saturated heterocycles. The van der Waals surface area contributed by atoms with Crippen molar-refractivity contribution in [3.05, 3.63) is 52.3 Å². The molecule has 0 N–H and O–H groups in total. The van der Waals surface area contributed by atoms with Crippen molar-refractivity contribution >= 4 is 0 Å². The summed E-state index contributed by atoms with van der Waals surface area (Å²) < 4.78 is 56.6. The Balaban J connectivity index is 2.52. The van der Waals surface area contributed by atoms with Crippen LogP contribution in [0.2, 0.25) is 0 Å². The Labute approximate surface area is 150 Å². The Morgan fingerprint density at radius 2 is 1.69 bits per heavy atom. The Bertz CT molecular complexity index is 735. The van der Waals surface area contributed by atoms with Gasteiger partial charge in [0.05, 0.1) is 26.4 Å². The van der Waals surface area contributed by atoms with E-state index in [0.717, 1.165) is 5.56 Å². The number of methoxy groups -OCH3 is 2. The standard InChI is InChI=1S/C19H22F3NO3/c1-5-26-11-13-8-16(24-3)15(17(9-13)25-4)10-14-6-7-23-12(2)18(14)19(20,21)22/h6-9H,5,10-11H2,1-4H3. The van der Waals surface area contributed by atoms with E-state index in [0.29, 0.717) is 30.3 Å². The number of pyridine rings is 1. The van der Waals surface area contributed by atoms with Crippen molar-refractivity contribution in [1.82, 2.24) is 4.98 Å².